The molecule has 7 heteroatoms. The molecule has 2 aromatic rings. The maximum atomic E-state index is 6.09. The molecule has 2 rings (SSSR count). The number of aromatic nitrogens is 2. The summed E-state index contributed by atoms with van der Waals surface area (Å²) < 4.78 is 6.35. The van der Waals surface area contributed by atoms with Crippen molar-refractivity contribution in [3.63, 3.8) is 0 Å². The smallest absolute Gasteiger partial charge is 0.144 e. The molecule has 1 aromatic carbocycles. The normalized spacial score (nSPS) is 10.5. The van der Waals surface area contributed by atoms with Gasteiger partial charge in [-0.05, 0) is 28.4 Å². The second-order valence-electron chi connectivity index (χ2n) is 4.31. The van der Waals surface area contributed by atoms with Gasteiger partial charge in [-0.1, -0.05) is 30.1 Å². The van der Waals surface area contributed by atoms with Crippen molar-refractivity contribution in [2.24, 2.45) is 0 Å². The second kappa shape index (κ2) is 7.82. The molecule has 0 bridgehead atoms. The Morgan fingerprint density at radius 3 is 2.67 bits per heavy atom. The molecule has 0 saturated carbocycles. The highest BCUT2D eigenvalue weighted by atomic mass is 79.9. The Hall–Kier alpha value is -1.04. The number of nitrogens with one attached hydrogen (secondary N) is 1. The highest BCUT2D eigenvalue weighted by molar-refractivity contribution is 9.10. The summed E-state index contributed by atoms with van der Waals surface area (Å²) in [4.78, 5) is 8.54. The molecule has 1 N–H and O–H groups in total. The van der Waals surface area contributed by atoms with Gasteiger partial charge in [-0.25, -0.2) is 4.98 Å². The Morgan fingerprint density at radius 2 is 2.00 bits per heavy atom. The number of halogens is 3. The third-order valence-electron chi connectivity index (χ3n) is 2.61. The van der Waals surface area contributed by atoms with Gasteiger partial charge in [0.1, 0.15) is 18.2 Å². The van der Waals surface area contributed by atoms with Crippen molar-refractivity contribution in [1.82, 2.24) is 9.97 Å². The summed E-state index contributed by atoms with van der Waals surface area (Å²) in [5, 5.41) is 4.19. The third kappa shape index (κ3) is 4.73. The minimum atomic E-state index is 0.277. The monoisotopic (exact) mass is 389 g/mol. The van der Waals surface area contributed by atoms with Crippen molar-refractivity contribution >= 4 is 44.9 Å². The molecule has 0 spiro atoms. The predicted molar refractivity (Wildman–Crippen MR) is 89.3 cm³/mol. The van der Waals surface area contributed by atoms with Crippen molar-refractivity contribution in [2.75, 3.05) is 11.9 Å². The first kappa shape index (κ1) is 16.3. The van der Waals surface area contributed by atoms with E-state index in [1.807, 2.05) is 0 Å². The van der Waals surface area contributed by atoms with Gasteiger partial charge in [0, 0.05) is 17.1 Å². The maximum absolute atomic E-state index is 6.09. The zero-order chi connectivity index (χ0) is 15.2. The van der Waals surface area contributed by atoms with Crippen LogP contribution in [0.3, 0.4) is 0 Å². The van der Waals surface area contributed by atoms with E-state index < -0.39 is 0 Å². The Balaban J connectivity index is 1.98. The lowest BCUT2D eigenvalue weighted by Crippen LogP contribution is -2.04. The van der Waals surface area contributed by atoms with Crippen LogP contribution in [0.15, 0.2) is 29.0 Å². The Morgan fingerprint density at radius 1 is 1.19 bits per heavy atom. The molecule has 0 amide bonds. The number of nitrogens with zero attached hydrogens (tertiary/aromatic N) is 2. The van der Waals surface area contributed by atoms with Crippen LogP contribution in [0, 0.1) is 0 Å². The number of hydrogen-bond donors (Lipinski definition) is 1. The van der Waals surface area contributed by atoms with Crippen LogP contribution in [0.5, 0.6) is 5.75 Å². The van der Waals surface area contributed by atoms with Crippen LogP contribution < -0.4 is 10.1 Å². The predicted octanol–water partition coefficient (Wildman–Crippen LogP) is 4.95. The molecule has 1 aromatic heterocycles. The first-order valence-electron chi connectivity index (χ1n) is 6.42. The number of anilines is 1. The molecule has 21 heavy (non-hydrogen) atoms. The summed E-state index contributed by atoms with van der Waals surface area (Å²) in [7, 11) is 0. The van der Waals surface area contributed by atoms with E-state index in [1.165, 1.54) is 0 Å². The number of rotatable bonds is 6. The highest BCUT2D eigenvalue weighted by Gasteiger charge is 2.07. The molecule has 4 nitrogen and oxygen atoms in total. The Bertz CT molecular complexity index is 608. The molecule has 0 aliphatic carbocycles. The van der Waals surface area contributed by atoms with Gasteiger partial charge in [-0.2, -0.15) is 0 Å². The molecule has 0 fully saturated rings. The summed E-state index contributed by atoms with van der Waals surface area (Å²) in [6, 6.07) is 3.36. The van der Waals surface area contributed by atoms with Crippen LogP contribution in [-0.2, 0) is 6.61 Å². The van der Waals surface area contributed by atoms with Crippen LogP contribution in [0.2, 0.25) is 10.0 Å². The average Bonchev–Trinajstić information content (AvgIpc) is 2.48. The minimum Gasteiger partial charge on any atom is -0.486 e. The lowest BCUT2D eigenvalue weighted by atomic mass is 10.3. The van der Waals surface area contributed by atoms with Crippen molar-refractivity contribution < 1.29 is 4.74 Å². The van der Waals surface area contributed by atoms with E-state index in [1.54, 1.807) is 24.5 Å². The topological polar surface area (TPSA) is 47.0 Å². The fourth-order valence-electron chi connectivity index (χ4n) is 1.54. The van der Waals surface area contributed by atoms with Crippen molar-refractivity contribution in [2.45, 2.75) is 20.0 Å². The lowest BCUT2D eigenvalue weighted by Gasteiger charge is -2.09. The van der Waals surface area contributed by atoms with Crippen LogP contribution in [0.25, 0.3) is 0 Å². The second-order valence-corrected chi connectivity index (χ2v) is 5.97. The highest BCUT2D eigenvalue weighted by Crippen LogP contribution is 2.34. The molecule has 0 atom stereocenters. The molecule has 0 unspecified atom stereocenters. The van der Waals surface area contributed by atoms with Gasteiger partial charge in [0.25, 0.3) is 0 Å². The van der Waals surface area contributed by atoms with Gasteiger partial charge in [0.15, 0.2) is 0 Å². The van der Waals surface area contributed by atoms with Gasteiger partial charge in [0.2, 0.25) is 0 Å². The van der Waals surface area contributed by atoms with Crippen LogP contribution in [0.1, 0.15) is 19.0 Å². The van der Waals surface area contributed by atoms with Gasteiger partial charge >= 0.3 is 0 Å². The Labute approximate surface area is 142 Å². The van der Waals surface area contributed by atoms with E-state index in [0.717, 1.165) is 23.3 Å². The van der Waals surface area contributed by atoms with Crippen molar-refractivity contribution in [3.05, 3.63) is 44.7 Å². The molecule has 0 aliphatic heterocycles. The van der Waals surface area contributed by atoms with E-state index in [0.29, 0.717) is 21.5 Å². The fourth-order valence-corrected chi connectivity index (χ4v) is 2.39. The van der Waals surface area contributed by atoms with Gasteiger partial charge in [-0.3, -0.25) is 4.98 Å². The standard InChI is InChI=1S/C14H14BrCl2N3O/c1-2-3-18-14-7-19-9(6-20-14)8-21-13-5-11(16)10(15)4-12(13)17/h4-7H,2-3,8H2,1H3,(H,18,20). The first-order chi connectivity index (χ1) is 10.1. The summed E-state index contributed by atoms with van der Waals surface area (Å²) >= 11 is 15.4. The summed E-state index contributed by atoms with van der Waals surface area (Å²) in [6.45, 7) is 3.24. The van der Waals surface area contributed by atoms with Crippen molar-refractivity contribution in [3.8, 4) is 5.75 Å². The van der Waals surface area contributed by atoms with Gasteiger partial charge in [0.05, 0.1) is 28.1 Å². The SMILES string of the molecule is CCCNc1cnc(COc2cc(Cl)c(Br)cc2Cl)cn1. The quantitative estimate of drug-likeness (QED) is 0.709. The molecular weight excluding hydrogens is 377 g/mol. The molecular formula is C14H14BrCl2N3O. The zero-order valence-corrected chi connectivity index (χ0v) is 14.5. The maximum Gasteiger partial charge on any atom is 0.144 e. The molecule has 1 heterocycles. The van der Waals surface area contributed by atoms with E-state index in [2.05, 4.69) is 38.1 Å². The zero-order valence-electron chi connectivity index (χ0n) is 11.4. The fraction of sp³-hybridized carbons (Fsp3) is 0.286. The van der Waals surface area contributed by atoms with E-state index >= 15 is 0 Å². The van der Waals surface area contributed by atoms with Gasteiger partial charge < -0.3 is 10.1 Å². The molecule has 0 radical (unpaired) electrons. The van der Waals surface area contributed by atoms with Gasteiger partial charge in [-0.15, -0.1) is 0 Å². The lowest BCUT2D eigenvalue weighted by molar-refractivity contribution is 0.301. The van der Waals surface area contributed by atoms with Crippen LogP contribution in [0.4, 0.5) is 5.82 Å². The summed E-state index contributed by atoms with van der Waals surface area (Å²) in [6.07, 6.45) is 4.40. The third-order valence-corrected chi connectivity index (χ3v) is 4.10. The number of hydrogen-bond acceptors (Lipinski definition) is 4. The Kier molecular flexibility index (Phi) is 6.08. The van der Waals surface area contributed by atoms with E-state index in [9.17, 15) is 0 Å². The van der Waals surface area contributed by atoms with Crippen molar-refractivity contribution in [1.29, 1.82) is 0 Å². The van der Waals surface area contributed by atoms with Crippen LogP contribution in [-0.4, -0.2) is 16.5 Å². The van der Waals surface area contributed by atoms with E-state index in [-0.39, 0.29) is 6.61 Å². The number of benzene rings is 1. The molecule has 112 valence electrons. The molecule has 0 aliphatic rings. The number of ether oxygens (including phenoxy) is 1. The summed E-state index contributed by atoms with van der Waals surface area (Å²) in [5.41, 5.74) is 0.715. The summed E-state index contributed by atoms with van der Waals surface area (Å²) in [5.74, 6) is 1.27. The average molecular weight is 391 g/mol. The van der Waals surface area contributed by atoms with E-state index in [4.69, 9.17) is 27.9 Å². The first-order valence-corrected chi connectivity index (χ1v) is 7.97. The minimum absolute atomic E-state index is 0.277. The van der Waals surface area contributed by atoms with Crippen LogP contribution >= 0.6 is 39.1 Å². The molecule has 0 saturated heterocycles. The largest absolute Gasteiger partial charge is 0.486 e.